The molecule has 0 aliphatic heterocycles. The average molecular weight is 359 g/mol. The zero-order chi connectivity index (χ0) is 19.9. The van der Waals surface area contributed by atoms with Gasteiger partial charge < -0.3 is 20.3 Å². The average Bonchev–Trinajstić information content (AvgIpc) is 2.41. The molecule has 0 unspecified atom stereocenters. The lowest BCUT2D eigenvalue weighted by atomic mass is 9.87. The van der Waals surface area contributed by atoms with Crippen LogP contribution in [-0.4, -0.2) is 45.8 Å². The molecule has 4 atom stereocenters. The monoisotopic (exact) mass is 359 g/mol. The maximum Gasteiger partial charge on any atom is 0.326 e. The van der Waals surface area contributed by atoms with Gasteiger partial charge in [-0.15, -0.1) is 0 Å². The normalized spacial score (nSPS) is 16.7. The van der Waals surface area contributed by atoms with Crippen LogP contribution in [0.15, 0.2) is 0 Å². The first kappa shape index (κ1) is 23.4. The van der Waals surface area contributed by atoms with Gasteiger partial charge in [0, 0.05) is 0 Å². The predicted molar refractivity (Wildman–Crippen MR) is 93.8 cm³/mol. The molecule has 0 rings (SSSR count). The molecule has 0 fully saturated rings. The van der Waals surface area contributed by atoms with Crippen LogP contribution in [0.3, 0.4) is 0 Å². The van der Waals surface area contributed by atoms with Crippen LogP contribution in [-0.2, 0) is 19.1 Å². The van der Waals surface area contributed by atoms with Crippen LogP contribution >= 0.6 is 0 Å². The number of carbonyl (C=O) groups is 3. The zero-order valence-electron chi connectivity index (χ0n) is 16.3. The molecule has 0 radical (unpaired) electrons. The summed E-state index contributed by atoms with van der Waals surface area (Å²) in [6.07, 6.45) is -0.611. The van der Waals surface area contributed by atoms with Gasteiger partial charge in [0.15, 0.2) is 0 Å². The van der Waals surface area contributed by atoms with E-state index in [1.54, 1.807) is 27.7 Å². The van der Waals surface area contributed by atoms with Gasteiger partial charge in [-0.2, -0.15) is 0 Å². The number of hydrogen-bond donors (Lipinski definition) is 3. The van der Waals surface area contributed by atoms with Gasteiger partial charge in [-0.1, -0.05) is 27.7 Å². The Hall–Kier alpha value is -1.63. The molecule has 0 heterocycles. The first-order valence-corrected chi connectivity index (χ1v) is 8.67. The Morgan fingerprint density at radius 3 is 2.00 bits per heavy atom. The van der Waals surface area contributed by atoms with E-state index in [0.717, 1.165) is 6.42 Å². The molecule has 1 amide bonds. The summed E-state index contributed by atoms with van der Waals surface area (Å²) in [5.74, 6) is -3.14. The second-order valence-corrected chi connectivity index (χ2v) is 8.08. The Morgan fingerprint density at radius 1 is 1.08 bits per heavy atom. The van der Waals surface area contributed by atoms with E-state index in [-0.39, 0.29) is 5.92 Å². The molecule has 0 saturated carbocycles. The lowest BCUT2D eigenvalue weighted by Gasteiger charge is -2.27. The minimum Gasteiger partial charge on any atom is -0.480 e. The van der Waals surface area contributed by atoms with Gasteiger partial charge in [0.05, 0.1) is 18.4 Å². The quantitative estimate of drug-likeness (QED) is 0.543. The minimum atomic E-state index is -1.39. The maximum atomic E-state index is 12.3. The van der Waals surface area contributed by atoms with E-state index < -0.39 is 47.9 Å². The number of aliphatic hydroxyl groups excluding tert-OH is 1. The first-order valence-electron chi connectivity index (χ1n) is 8.67. The van der Waals surface area contributed by atoms with Crippen LogP contribution in [0.4, 0.5) is 0 Å². The fraction of sp³-hybridized carbons (Fsp3) is 0.833. The van der Waals surface area contributed by atoms with Crippen LogP contribution in [0.5, 0.6) is 0 Å². The summed E-state index contributed by atoms with van der Waals surface area (Å²) in [5.41, 5.74) is -0.736. The van der Waals surface area contributed by atoms with E-state index in [1.165, 1.54) is 0 Å². The van der Waals surface area contributed by atoms with E-state index >= 15 is 0 Å². The highest BCUT2D eigenvalue weighted by atomic mass is 16.6. The largest absolute Gasteiger partial charge is 0.480 e. The van der Waals surface area contributed by atoms with Gasteiger partial charge in [0.1, 0.15) is 11.6 Å². The summed E-state index contributed by atoms with van der Waals surface area (Å²) in [6.45, 7) is 12.5. The topological polar surface area (TPSA) is 113 Å². The van der Waals surface area contributed by atoms with Crippen LogP contribution in [0.25, 0.3) is 0 Å². The van der Waals surface area contributed by atoms with Gasteiger partial charge in [-0.05, 0) is 39.0 Å². The van der Waals surface area contributed by atoms with E-state index in [1.807, 2.05) is 20.8 Å². The summed E-state index contributed by atoms with van der Waals surface area (Å²) in [4.78, 5) is 35.4. The number of amides is 1. The van der Waals surface area contributed by atoms with Crippen molar-refractivity contribution in [1.82, 2.24) is 5.32 Å². The van der Waals surface area contributed by atoms with Crippen LogP contribution in [0.2, 0.25) is 0 Å². The van der Waals surface area contributed by atoms with E-state index in [4.69, 9.17) is 4.74 Å². The molecule has 0 aliphatic rings. The molecule has 0 aromatic heterocycles. The van der Waals surface area contributed by atoms with Crippen molar-refractivity contribution in [3.63, 3.8) is 0 Å². The standard InChI is InChI=1S/C18H33NO6/c1-10(2)8-11(3)15(21)12(4)16(22)19-13(17(23)24)9-14(20)25-18(5,6)7/h10-13,15,21H,8-9H2,1-7H3,(H,19,22)(H,23,24)/t11-,12-,13-,15-/m1/s1. The Balaban J connectivity index is 4.83. The molecule has 0 saturated heterocycles. The Bertz CT molecular complexity index is 469. The number of carbonyl (C=O) groups excluding carboxylic acids is 2. The summed E-state index contributed by atoms with van der Waals surface area (Å²) < 4.78 is 5.09. The number of carboxylic acids is 1. The highest BCUT2D eigenvalue weighted by molar-refractivity contribution is 5.88. The third-order valence-electron chi connectivity index (χ3n) is 3.76. The van der Waals surface area contributed by atoms with Crippen molar-refractivity contribution in [2.45, 2.75) is 79.1 Å². The predicted octanol–water partition coefficient (Wildman–Crippen LogP) is 1.97. The molecular weight excluding hydrogens is 326 g/mol. The lowest BCUT2D eigenvalue weighted by molar-refractivity contribution is -0.158. The van der Waals surface area contributed by atoms with Crippen LogP contribution in [0.1, 0.15) is 61.3 Å². The Morgan fingerprint density at radius 2 is 1.60 bits per heavy atom. The van der Waals surface area contributed by atoms with Gasteiger partial charge in [-0.25, -0.2) is 4.79 Å². The van der Waals surface area contributed by atoms with Crippen molar-refractivity contribution >= 4 is 17.8 Å². The third-order valence-corrected chi connectivity index (χ3v) is 3.76. The second kappa shape index (κ2) is 9.75. The molecule has 0 bridgehead atoms. The molecule has 0 aliphatic carbocycles. The molecule has 0 aromatic carbocycles. The fourth-order valence-corrected chi connectivity index (χ4v) is 2.58. The molecule has 25 heavy (non-hydrogen) atoms. The van der Waals surface area contributed by atoms with Crippen molar-refractivity contribution < 1.29 is 29.3 Å². The number of rotatable bonds is 9. The van der Waals surface area contributed by atoms with E-state index in [9.17, 15) is 24.6 Å². The number of nitrogens with one attached hydrogen (secondary N) is 1. The summed E-state index contributed by atoms with van der Waals surface area (Å²) in [7, 11) is 0. The van der Waals surface area contributed by atoms with Crippen molar-refractivity contribution in [3.05, 3.63) is 0 Å². The number of carboxylic acid groups (broad SMARTS) is 1. The van der Waals surface area contributed by atoms with Crippen molar-refractivity contribution in [3.8, 4) is 0 Å². The molecule has 7 nitrogen and oxygen atoms in total. The highest BCUT2D eigenvalue weighted by Gasteiger charge is 2.32. The molecule has 0 aromatic rings. The fourth-order valence-electron chi connectivity index (χ4n) is 2.58. The van der Waals surface area contributed by atoms with Gasteiger partial charge >= 0.3 is 11.9 Å². The molecular formula is C18H33NO6. The highest BCUT2D eigenvalue weighted by Crippen LogP contribution is 2.21. The third kappa shape index (κ3) is 9.43. The number of hydrogen-bond acceptors (Lipinski definition) is 5. The Labute approximate surface area is 150 Å². The number of ether oxygens (including phenoxy) is 1. The van der Waals surface area contributed by atoms with Crippen molar-refractivity contribution in [2.24, 2.45) is 17.8 Å². The number of esters is 1. The van der Waals surface area contributed by atoms with Crippen molar-refractivity contribution in [2.75, 3.05) is 0 Å². The van der Waals surface area contributed by atoms with Crippen LogP contribution < -0.4 is 5.32 Å². The number of aliphatic carboxylic acids is 1. The van der Waals surface area contributed by atoms with Crippen LogP contribution in [0, 0.1) is 17.8 Å². The molecule has 146 valence electrons. The summed E-state index contributed by atoms with van der Waals surface area (Å²) >= 11 is 0. The molecule has 0 spiro atoms. The smallest absolute Gasteiger partial charge is 0.326 e. The summed E-state index contributed by atoms with van der Waals surface area (Å²) in [5, 5.41) is 21.8. The van der Waals surface area contributed by atoms with Gasteiger partial charge in [0.2, 0.25) is 5.91 Å². The van der Waals surface area contributed by atoms with E-state index in [0.29, 0.717) is 5.92 Å². The molecule has 7 heteroatoms. The summed E-state index contributed by atoms with van der Waals surface area (Å²) in [6, 6.07) is -1.39. The maximum absolute atomic E-state index is 12.3. The SMILES string of the molecule is CC(C)C[C@@H](C)[C@@H](O)[C@@H](C)C(=O)N[C@H](CC(=O)OC(C)(C)C)C(=O)O. The first-order chi connectivity index (χ1) is 11.2. The zero-order valence-corrected chi connectivity index (χ0v) is 16.3. The number of aliphatic hydroxyl groups is 1. The van der Waals surface area contributed by atoms with E-state index in [2.05, 4.69) is 5.32 Å². The minimum absolute atomic E-state index is 0.102. The van der Waals surface area contributed by atoms with Gasteiger partial charge in [-0.3, -0.25) is 9.59 Å². The second-order valence-electron chi connectivity index (χ2n) is 8.08. The van der Waals surface area contributed by atoms with Gasteiger partial charge in [0.25, 0.3) is 0 Å². The Kier molecular flexibility index (Phi) is 9.11. The van der Waals surface area contributed by atoms with Crippen molar-refractivity contribution in [1.29, 1.82) is 0 Å². The lowest BCUT2D eigenvalue weighted by Crippen LogP contribution is -2.48. The molecule has 3 N–H and O–H groups in total.